The van der Waals surface area contributed by atoms with Crippen LogP contribution in [0.5, 0.6) is 0 Å². The number of nitro groups is 1. The highest BCUT2D eigenvalue weighted by Crippen LogP contribution is 2.28. The summed E-state index contributed by atoms with van der Waals surface area (Å²) in [5, 5.41) is 19.8. The molecule has 1 atom stereocenters. The lowest BCUT2D eigenvalue weighted by molar-refractivity contribution is -0.385. The van der Waals surface area contributed by atoms with Crippen molar-refractivity contribution in [3.8, 4) is 0 Å². The van der Waals surface area contributed by atoms with Gasteiger partial charge in [0.15, 0.2) is 0 Å². The molecule has 0 spiro atoms. The number of aliphatic hydroxyl groups excluding tert-OH is 1. The van der Waals surface area contributed by atoms with E-state index in [1.807, 2.05) is 0 Å². The summed E-state index contributed by atoms with van der Waals surface area (Å²) in [4.78, 5) is 10.2. The molecule has 0 heterocycles. The Kier molecular flexibility index (Phi) is 6.28. The van der Waals surface area contributed by atoms with Gasteiger partial charge in [-0.15, -0.1) is 12.4 Å². The molecule has 1 rings (SSSR count). The SMILES string of the molecule is Cl.N[C@H](CCO)c1cc(Cl)ccc1[N+](=O)[O-]. The minimum Gasteiger partial charge on any atom is -0.396 e. The molecule has 90 valence electrons. The van der Waals surface area contributed by atoms with Crippen LogP contribution in [0.25, 0.3) is 0 Å². The van der Waals surface area contributed by atoms with Crippen LogP contribution in [0.1, 0.15) is 18.0 Å². The van der Waals surface area contributed by atoms with Crippen LogP contribution in [0.15, 0.2) is 18.2 Å². The van der Waals surface area contributed by atoms with E-state index in [1.165, 1.54) is 18.2 Å². The first-order valence-electron chi connectivity index (χ1n) is 4.36. The minimum atomic E-state index is -0.575. The Morgan fingerprint density at radius 1 is 1.56 bits per heavy atom. The Morgan fingerprint density at radius 3 is 2.69 bits per heavy atom. The van der Waals surface area contributed by atoms with Crippen LogP contribution in [0.4, 0.5) is 5.69 Å². The summed E-state index contributed by atoms with van der Waals surface area (Å²) in [6.07, 6.45) is 0.265. The Hall–Kier alpha value is -0.880. The summed E-state index contributed by atoms with van der Waals surface area (Å²) in [7, 11) is 0. The fourth-order valence-corrected chi connectivity index (χ4v) is 1.46. The van der Waals surface area contributed by atoms with E-state index in [0.717, 1.165) is 0 Å². The summed E-state index contributed by atoms with van der Waals surface area (Å²) in [5.41, 5.74) is 5.97. The molecular formula is C9H12Cl2N2O3. The average molecular weight is 267 g/mol. The normalized spacial score (nSPS) is 11.7. The lowest BCUT2D eigenvalue weighted by Crippen LogP contribution is -2.13. The van der Waals surface area contributed by atoms with Crippen molar-refractivity contribution in [3.63, 3.8) is 0 Å². The van der Waals surface area contributed by atoms with Crippen molar-refractivity contribution in [1.82, 2.24) is 0 Å². The molecule has 0 saturated carbocycles. The summed E-state index contributed by atoms with van der Waals surface area (Å²) >= 11 is 5.73. The standard InChI is InChI=1S/C9H11ClN2O3.ClH/c10-6-1-2-9(12(14)15)7(5-6)8(11)3-4-13;/h1-2,5,8,13H,3-4,11H2;1H/t8-;/m1./s1. The second-order valence-electron chi connectivity index (χ2n) is 3.08. The van der Waals surface area contributed by atoms with E-state index in [2.05, 4.69) is 0 Å². The third-order valence-electron chi connectivity index (χ3n) is 2.03. The van der Waals surface area contributed by atoms with Crippen molar-refractivity contribution in [2.75, 3.05) is 6.61 Å². The summed E-state index contributed by atoms with van der Waals surface area (Å²) in [6, 6.07) is 3.64. The van der Waals surface area contributed by atoms with Gasteiger partial charge in [0.1, 0.15) is 0 Å². The molecule has 0 amide bonds. The van der Waals surface area contributed by atoms with E-state index in [9.17, 15) is 10.1 Å². The molecule has 0 bridgehead atoms. The van der Waals surface area contributed by atoms with E-state index in [1.54, 1.807) is 0 Å². The van der Waals surface area contributed by atoms with Gasteiger partial charge in [0.2, 0.25) is 0 Å². The van der Waals surface area contributed by atoms with Crippen LogP contribution in [0, 0.1) is 10.1 Å². The van der Waals surface area contributed by atoms with E-state index in [-0.39, 0.29) is 31.1 Å². The molecule has 0 saturated heterocycles. The zero-order valence-corrected chi connectivity index (χ0v) is 9.87. The zero-order valence-electron chi connectivity index (χ0n) is 8.30. The van der Waals surface area contributed by atoms with Crippen molar-refractivity contribution in [2.45, 2.75) is 12.5 Å². The van der Waals surface area contributed by atoms with Crippen molar-refractivity contribution in [1.29, 1.82) is 0 Å². The Balaban J connectivity index is 0.00000225. The molecule has 1 aromatic carbocycles. The fraction of sp³-hybridized carbons (Fsp3) is 0.333. The second-order valence-corrected chi connectivity index (χ2v) is 3.52. The number of benzene rings is 1. The maximum absolute atomic E-state index is 10.7. The first-order chi connectivity index (χ1) is 7.06. The lowest BCUT2D eigenvalue weighted by Gasteiger charge is -2.10. The van der Waals surface area contributed by atoms with E-state index in [4.69, 9.17) is 22.4 Å². The maximum Gasteiger partial charge on any atom is 0.274 e. The molecule has 16 heavy (non-hydrogen) atoms. The second kappa shape index (κ2) is 6.65. The number of hydrogen-bond acceptors (Lipinski definition) is 4. The lowest BCUT2D eigenvalue weighted by atomic mass is 10.0. The van der Waals surface area contributed by atoms with Gasteiger partial charge in [0.25, 0.3) is 5.69 Å². The number of rotatable bonds is 4. The molecular weight excluding hydrogens is 255 g/mol. The molecule has 0 aliphatic rings. The first kappa shape index (κ1) is 15.1. The van der Waals surface area contributed by atoms with Crippen LogP contribution >= 0.6 is 24.0 Å². The van der Waals surface area contributed by atoms with Crippen molar-refractivity contribution in [2.24, 2.45) is 5.73 Å². The Bertz CT molecular complexity index is 374. The highest BCUT2D eigenvalue weighted by molar-refractivity contribution is 6.30. The van der Waals surface area contributed by atoms with Crippen molar-refractivity contribution >= 4 is 29.7 Å². The number of hydrogen-bond donors (Lipinski definition) is 2. The minimum absolute atomic E-state index is 0. The van der Waals surface area contributed by atoms with E-state index in [0.29, 0.717) is 10.6 Å². The van der Waals surface area contributed by atoms with Gasteiger partial charge in [-0.2, -0.15) is 0 Å². The Labute approximate surface area is 104 Å². The molecule has 5 nitrogen and oxygen atoms in total. The number of nitrogens with zero attached hydrogens (tertiary/aromatic N) is 1. The average Bonchev–Trinajstić information content (AvgIpc) is 2.17. The van der Waals surface area contributed by atoms with Crippen LogP contribution in [0.3, 0.4) is 0 Å². The highest BCUT2D eigenvalue weighted by Gasteiger charge is 2.19. The van der Waals surface area contributed by atoms with E-state index < -0.39 is 11.0 Å². The number of nitro benzene ring substituents is 1. The van der Waals surface area contributed by atoms with Crippen LogP contribution in [0.2, 0.25) is 5.02 Å². The van der Waals surface area contributed by atoms with Crippen molar-refractivity contribution in [3.05, 3.63) is 38.9 Å². The molecule has 0 aliphatic heterocycles. The van der Waals surface area contributed by atoms with Crippen LogP contribution < -0.4 is 5.73 Å². The number of halogens is 2. The largest absolute Gasteiger partial charge is 0.396 e. The number of aliphatic hydroxyl groups is 1. The van der Waals surface area contributed by atoms with Crippen LogP contribution in [-0.2, 0) is 0 Å². The third-order valence-corrected chi connectivity index (χ3v) is 2.26. The Morgan fingerprint density at radius 2 is 2.19 bits per heavy atom. The van der Waals surface area contributed by atoms with E-state index >= 15 is 0 Å². The van der Waals surface area contributed by atoms with Crippen molar-refractivity contribution < 1.29 is 10.0 Å². The molecule has 0 aliphatic carbocycles. The topological polar surface area (TPSA) is 89.4 Å². The molecule has 0 unspecified atom stereocenters. The smallest absolute Gasteiger partial charge is 0.274 e. The fourth-order valence-electron chi connectivity index (χ4n) is 1.28. The molecule has 0 fully saturated rings. The number of nitrogens with two attached hydrogens (primary N) is 1. The summed E-state index contributed by atoms with van der Waals surface area (Å²) in [5.74, 6) is 0. The quantitative estimate of drug-likeness (QED) is 0.645. The van der Waals surface area contributed by atoms with Gasteiger partial charge in [-0.25, -0.2) is 0 Å². The molecule has 0 aromatic heterocycles. The monoisotopic (exact) mass is 266 g/mol. The maximum atomic E-state index is 10.7. The predicted molar refractivity (Wildman–Crippen MR) is 64.0 cm³/mol. The predicted octanol–water partition coefficient (Wildman–Crippen LogP) is 2.05. The molecule has 1 aromatic rings. The van der Waals surface area contributed by atoms with Gasteiger partial charge < -0.3 is 10.8 Å². The summed E-state index contributed by atoms with van der Waals surface area (Å²) in [6.45, 7) is -0.120. The van der Waals surface area contributed by atoms with Gasteiger partial charge in [-0.3, -0.25) is 10.1 Å². The van der Waals surface area contributed by atoms with Gasteiger partial charge in [-0.05, 0) is 18.6 Å². The highest BCUT2D eigenvalue weighted by atomic mass is 35.5. The summed E-state index contributed by atoms with van der Waals surface area (Å²) < 4.78 is 0. The van der Waals surface area contributed by atoms with Gasteiger partial charge in [-0.1, -0.05) is 11.6 Å². The van der Waals surface area contributed by atoms with Gasteiger partial charge in [0, 0.05) is 29.3 Å². The first-order valence-corrected chi connectivity index (χ1v) is 4.74. The third kappa shape index (κ3) is 3.61. The van der Waals surface area contributed by atoms with Gasteiger partial charge in [0.05, 0.1) is 4.92 Å². The molecule has 3 N–H and O–H groups in total. The molecule has 7 heteroatoms. The molecule has 0 radical (unpaired) electrons. The van der Waals surface area contributed by atoms with Crippen LogP contribution in [-0.4, -0.2) is 16.6 Å². The zero-order chi connectivity index (χ0) is 11.4. The van der Waals surface area contributed by atoms with Gasteiger partial charge >= 0.3 is 0 Å².